The summed E-state index contributed by atoms with van der Waals surface area (Å²) in [6, 6.07) is 5.90. The Balaban J connectivity index is 2.23. The molecule has 2 unspecified atom stereocenters. The van der Waals surface area contributed by atoms with Crippen LogP contribution in [-0.2, 0) is 0 Å². The van der Waals surface area contributed by atoms with E-state index in [2.05, 4.69) is 0 Å². The third kappa shape index (κ3) is 2.69. The Morgan fingerprint density at radius 2 is 2.18 bits per heavy atom. The van der Waals surface area contributed by atoms with Gasteiger partial charge in [0.25, 0.3) is 0 Å². The summed E-state index contributed by atoms with van der Waals surface area (Å²) in [5.74, 6) is 2.85. The van der Waals surface area contributed by atoms with Crippen LogP contribution in [0.3, 0.4) is 0 Å². The molecule has 0 aromatic heterocycles. The molecule has 94 valence electrons. The zero-order chi connectivity index (χ0) is 12.3. The molecule has 0 aliphatic carbocycles. The summed E-state index contributed by atoms with van der Waals surface area (Å²) in [6.07, 6.45) is 2.46. The van der Waals surface area contributed by atoms with Crippen molar-refractivity contribution in [2.45, 2.75) is 24.1 Å². The maximum atomic E-state index is 6.33. The lowest BCUT2D eigenvalue weighted by atomic mass is 10.0. The molecule has 1 aliphatic rings. The predicted octanol–water partition coefficient (Wildman–Crippen LogP) is 2.60. The lowest BCUT2D eigenvalue weighted by Gasteiger charge is -2.21. The minimum absolute atomic E-state index is 0.0448. The summed E-state index contributed by atoms with van der Waals surface area (Å²) in [4.78, 5) is 0. The monoisotopic (exact) mass is 253 g/mol. The number of benzene rings is 1. The highest BCUT2D eigenvalue weighted by Crippen LogP contribution is 2.38. The van der Waals surface area contributed by atoms with E-state index in [9.17, 15) is 0 Å². The summed E-state index contributed by atoms with van der Waals surface area (Å²) in [5, 5.41) is 0.511. The van der Waals surface area contributed by atoms with E-state index in [-0.39, 0.29) is 6.04 Å². The van der Waals surface area contributed by atoms with E-state index < -0.39 is 0 Å². The van der Waals surface area contributed by atoms with Crippen LogP contribution in [0.1, 0.15) is 24.4 Å². The highest BCUT2D eigenvalue weighted by atomic mass is 32.2. The van der Waals surface area contributed by atoms with Gasteiger partial charge in [-0.2, -0.15) is 11.8 Å². The fourth-order valence-corrected chi connectivity index (χ4v) is 3.50. The number of rotatable bonds is 4. The molecular weight excluding hydrogens is 234 g/mol. The molecule has 0 amide bonds. The summed E-state index contributed by atoms with van der Waals surface area (Å²) in [7, 11) is 3.33. The van der Waals surface area contributed by atoms with E-state index in [1.165, 1.54) is 18.6 Å². The fourth-order valence-electron chi connectivity index (χ4n) is 2.18. The molecule has 1 aromatic rings. The quantitative estimate of drug-likeness (QED) is 0.896. The van der Waals surface area contributed by atoms with Crippen molar-refractivity contribution >= 4 is 11.8 Å². The van der Waals surface area contributed by atoms with Crippen LogP contribution in [0.15, 0.2) is 18.2 Å². The van der Waals surface area contributed by atoms with Gasteiger partial charge in [-0.15, -0.1) is 0 Å². The molecular formula is C13H19NO2S. The zero-order valence-electron chi connectivity index (χ0n) is 10.3. The zero-order valence-corrected chi connectivity index (χ0v) is 11.1. The molecule has 3 nitrogen and oxygen atoms in total. The smallest absolute Gasteiger partial charge is 0.127 e. The first-order chi connectivity index (χ1) is 8.26. The second-order valence-electron chi connectivity index (χ2n) is 4.19. The molecule has 2 atom stereocenters. The van der Waals surface area contributed by atoms with E-state index in [4.69, 9.17) is 15.2 Å². The molecule has 0 spiro atoms. The van der Waals surface area contributed by atoms with E-state index in [0.717, 1.165) is 17.1 Å². The standard InChI is InChI=1S/C13H19NO2S/c1-15-9-5-6-10(11(8-9)16-2)13(14)12-4-3-7-17-12/h5-6,8,12-13H,3-4,7,14H2,1-2H3. The van der Waals surface area contributed by atoms with E-state index in [0.29, 0.717) is 5.25 Å². The molecule has 1 aromatic carbocycles. The van der Waals surface area contributed by atoms with Crippen molar-refractivity contribution in [1.29, 1.82) is 0 Å². The van der Waals surface area contributed by atoms with Gasteiger partial charge in [0.1, 0.15) is 11.5 Å². The lowest BCUT2D eigenvalue weighted by Crippen LogP contribution is -2.22. The molecule has 0 radical (unpaired) electrons. The van der Waals surface area contributed by atoms with Crippen molar-refractivity contribution in [3.05, 3.63) is 23.8 Å². The molecule has 1 fully saturated rings. The van der Waals surface area contributed by atoms with Gasteiger partial charge in [0, 0.05) is 22.9 Å². The maximum absolute atomic E-state index is 6.33. The minimum atomic E-state index is 0.0448. The SMILES string of the molecule is COc1ccc(C(N)C2CCCS2)c(OC)c1. The summed E-state index contributed by atoms with van der Waals surface area (Å²) in [6.45, 7) is 0. The first kappa shape index (κ1) is 12.6. The van der Waals surface area contributed by atoms with Gasteiger partial charge in [0.15, 0.2) is 0 Å². The summed E-state index contributed by atoms with van der Waals surface area (Å²) >= 11 is 1.96. The van der Waals surface area contributed by atoms with Crippen LogP contribution < -0.4 is 15.2 Å². The molecule has 2 N–H and O–H groups in total. The van der Waals surface area contributed by atoms with E-state index in [1.54, 1.807) is 14.2 Å². The van der Waals surface area contributed by atoms with Crippen molar-refractivity contribution in [2.75, 3.05) is 20.0 Å². The van der Waals surface area contributed by atoms with Gasteiger partial charge in [-0.05, 0) is 24.7 Å². The number of ether oxygens (including phenoxy) is 2. The highest BCUT2D eigenvalue weighted by molar-refractivity contribution is 8.00. The van der Waals surface area contributed by atoms with Crippen LogP contribution in [0.4, 0.5) is 0 Å². The fraction of sp³-hybridized carbons (Fsp3) is 0.538. The Labute approximate surface area is 107 Å². The largest absolute Gasteiger partial charge is 0.497 e. The second kappa shape index (κ2) is 5.65. The van der Waals surface area contributed by atoms with Crippen LogP contribution in [0.25, 0.3) is 0 Å². The van der Waals surface area contributed by atoms with Crippen LogP contribution in [0.2, 0.25) is 0 Å². The van der Waals surface area contributed by atoms with Gasteiger partial charge in [-0.3, -0.25) is 0 Å². The van der Waals surface area contributed by atoms with Gasteiger partial charge in [-0.1, -0.05) is 6.07 Å². The van der Waals surface area contributed by atoms with Crippen molar-refractivity contribution in [2.24, 2.45) is 5.73 Å². The summed E-state index contributed by atoms with van der Waals surface area (Å²) in [5.41, 5.74) is 7.40. The Bertz CT molecular complexity index is 378. The van der Waals surface area contributed by atoms with E-state index >= 15 is 0 Å². The second-order valence-corrected chi connectivity index (χ2v) is 5.53. The molecule has 1 saturated heterocycles. The van der Waals surface area contributed by atoms with Crippen LogP contribution >= 0.6 is 11.8 Å². The Morgan fingerprint density at radius 3 is 2.76 bits per heavy atom. The molecule has 4 heteroatoms. The van der Waals surface area contributed by atoms with Crippen molar-refractivity contribution in [3.8, 4) is 11.5 Å². The van der Waals surface area contributed by atoms with Gasteiger partial charge >= 0.3 is 0 Å². The van der Waals surface area contributed by atoms with Crippen molar-refractivity contribution in [3.63, 3.8) is 0 Å². The first-order valence-corrected chi connectivity index (χ1v) is 6.90. The molecule has 1 aliphatic heterocycles. The molecule has 0 bridgehead atoms. The Kier molecular flexibility index (Phi) is 4.18. The summed E-state index contributed by atoms with van der Waals surface area (Å²) < 4.78 is 10.6. The molecule has 2 rings (SSSR count). The normalized spacial score (nSPS) is 21.2. The third-order valence-electron chi connectivity index (χ3n) is 3.17. The van der Waals surface area contributed by atoms with Crippen LogP contribution in [-0.4, -0.2) is 25.2 Å². The van der Waals surface area contributed by atoms with Crippen LogP contribution in [0, 0.1) is 0 Å². The Hall–Kier alpha value is -0.870. The van der Waals surface area contributed by atoms with Gasteiger partial charge < -0.3 is 15.2 Å². The lowest BCUT2D eigenvalue weighted by molar-refractivity contribution is 0.388. The van der Waals surface area contributed by atoms with Gasteiger partial charge in [-0.25, -0.2) is 0 Å². The number of thioether (sulfide) groups is 1. The van der Waals surface area contributed by atoms with Gasteiger partial charge in [0.2, 0.25) is 0 Å². The average molecular weight is 253 g/mol. The molecule has 17 heavy (non-hydrogen) atoms. The molecule has 1 heterocycles. The van der Waals surface area contributed by atoms with Crippen molar-refractivity contribution < 1.29 is 9.47 Å². The van der Waals surface area contributed by atoms with Gasteiger partial charge in [0.05, 0.1) is 14.2 Å². The molecule has 0 saturated carbocycles. The highest BCUT2D eigenvalue weighted by Gasteiger charge is 2.26. The topological polar surface area (TPSA) is 44.5 Å². The number of hydrogen-bond donors (Lipinski definition) is 1. The van der Waals surface area contributed by atoms with Crippen LogP contribution in [0.5, 0.6) is 11.5 Å². The van der Waals surface area contributed by atoms with Crippen molar-refractivity contribution in [1.82, 2.24) is 0 Å². The van der Waals surface area contributed by atoms with E-state index in [1.807, 2.05) is 30.0 Å². The first-order valence-electron chi connectivity index (χ1n) is 5.85. The minimum Gasteiger partial charge on any atom is -0.497 e. The third-order valence-corrected chi connectivity index (χ3v) is 4.65. The number of methoxy groups -OCH3 is 2. The maximum Gasteiger partial charge on any atom is 0.127 e. The Morgan fingerprint density at radius 1 is 1.35 bits per heavy atom. The average Bonchev–Trinajstić information content (AvgIpc) is 2.91. The predicted molar refractivity (Wildman–Crippen MR) is 72.0 cm³/mol. The number of hydrogen-bond acceptors (Lipinski definition) is 4. The number of nitrogens with two attached hydrogens (primary N) is 1.